The average molecular weight is 618 g/mol. The average Bonchev–Trinajstić information content (AvgIpc) is 3.52. The van der Waals surface area contributed by atoms with Gasteiger partial charge in [-0.1, -0.05) is 63.9 Å². The summed E-state index contributed by atoms with van der Waals surface area (Å²) in [7, 11) is 0. The molecule has 2 bridgehead atoms. The van der Waals surface area contributed by atoms with Crippen LogP contribution in [0.25, 0.3) is 0 Å². The summed E-state index contributed by atoms with van der Waals surface area (Å²) in [6.45, 7) is 5.43. The van der Waals surface area contributed by atoms with Crippen molar-refractivity contribution in [3.05, 3.63) is 77.8 Å². The van der Waals surface area contributed by atoms with Gasteiger partial charge in [-0.2, -0.15) is 0 Å². The van der Waals surface area contributed by atoms with Crippen molar-refractivity contribution in [2.75, 3.05) is 24.7 Å². The Bertz CT molecular complexity index is 1260. The van der Waals surface area contributed by atoms with E-state index in [4.69, 9.17) is 21.1 Å². The van der Waals surface area contributed by atoms with Crippen LogP contribution in [-0.2, 0) is 23.9 Å². The number of esters is 1. The van der Waals surface area contributed by atoms with E-state index in [9.17, 15) is 19.5 Å². The number of carbonyl (C=O) groups is 3. The molecule has 1 spiro atoms. The number of ether oxygens (including phenoxy) is 2. The lowest BCUT2D eigenvalue weighted by Gasteiger charge is -2.39. The molecule has 7 atom stereocenters. The summed E-state index contributed by atoms with van der Waals surface area (Å²) in [4.78, 5) is 44.9. The van der Waals surface area contributed by atoms with E-state index < -0.39 is 60.0 Å². The molecule has 3 aliphatic heterocycles. The number of benzene rings is 2. The molecule has 0 saturated carbocycles. The van der Waals surface area contributed by atoms with Crippen molar-refractivity contribution in [3.63, 3.8) is 0 Å². The fourth-order valence-electron chi connectivity index (χ4n) is 6.44. The molecule has 2 aromatic rings. The quantitative estimate of drug-likeness (QED) is 0.261. The van der Waals surface area contributed by atoms with Crippen molar-refractivity contribution >= 4 is 51.0 Å². The zero-order valence-corrected chi connectivity index (χ0v) is 23.8. The molecule has 2 aromatic carbocycles. The van der Waals surface area contributed by atoms with E-state index in [-0.39, 0.29) is 18.0 Å². The van der Waals surface area contributed by atoms with Crippen molar-refractivity contribution in [1.82, 2.24) is 4.90 Å². The highest BCUT2D eigenvalue weighted by atomic mass is 79.9. The Balaban J connectivity index is 1.66. The van der Waals surface area contributed by atoms with E-state index in [1.54, 1.807) is 49.4 Å². The molecule has 8 nitrogen and oxygen atoms in total. The van der Waals surface area contributed by atoms with Crippen LogP contribution in [0.2, 0.25) is 5.02 Å². The molecule has 3 heterocycles. The lowest BCUT2D eigenvalue weighted by molar-refractivity contribution is -0.155. The van der Waals surface area contributed by atoms with Gasteiger partial charge < -0.3 is 24.4 Å². The maximum absolute atomic E-state index is 14.6. The maximum atomic E-state index is 14.6. The number of anilines is 1. The number of aliphatic hydroxyl groups is 1. The summed E-state index contributed by atoms with van der Waals surface area (Å²) in [5.74, 6) is -3.15. The first kappa shape index (κ1) is 27.8. The molecular formula is C29H30BrClN2O6. The van der Waals surface area contributed by atoms with E-state index in [1.165, 1.54) is 9.80 Å². The van der Waals surface area contributed by atoms with Crippen LogP contribution >= 0.6 is 27.5 Å². The second kappa shape index (κ2) is 11.0. The molecular weight excluding hydrogens is 588 g/mol. The molecule has 206 valence electrons. The first-order chi connectivity index (χ1) is 18.8. The normalized spacial score (nSPS) is 29.7. The standard InChI is InChI=1S/C29H30BrClN2O6/c1-3-14-32(19-12-10-18(31)11-13-19)27(36)25-29-15-20(30)24(39-29)22(28(37)38-4-2)23(29)26(35)33(25)21(16-34)17-8-6-5-7-9-17/h3,5-13,20-25,34H,1,4,14-16H2,2H3/t20?,21-,22+,23+,24+,25?,29?/m1/s1. The van der Waals surface area contributed by atoms with E-state index in [0.717, 1.165) is 0 Å². The third kappa shape index (κ3) is 4.49. The van der Waals surface area contributed by atoms with Gasteiger partial charge in [0.05, 0.1) is 37.2 Å². The number of hydrogen-bond donors (Lipinski definition) is 1. The molecule has 5 rings (SSSR count). The zero-order chi connectivity index (χ0) is 27.9. The number of carbonyl (C=O) groups excluding carboxylic acids is 3. The van der Waals surface area contributed by atoms with Gasteiger partial charge in [0.15, 0.2) is 0 Å². The number of likely N-dealkylation sites (tertiary alicyclic amines) is 1. The first-order valence-corrected chi connectivity index (χ1v) is 14.2. The van der Waals surface area contributed by atoms with E-state index >= 15 is 0 Å². The minimum atomic E-state index is -1.29. The van der Waals surface area contributed by atoms with Crippen LogP contribution in [0.5, 0.6) is 0 Å². The summed E-state index contributed by atoms with van der Waals surface area (Å²) in [5, 5.41) is 11.1. The predicted octanol–water partition coefficient (Wildman–Crippen LogP) is 3.90. The summed E-state index contributed by atoms with van der Waals surface area (Å²) in [5.41, 5.74) is -0.0537. The SMILES string of the molecule is C=CCN(C(=O)C1N([C@H](CO)c2ccccc2)C(=O)[C@@H]2[C@H](C(=O)OCC)[C@H]3OC12CC3Br)c1ccc(Cl)cc1. The van der Waals surface area contributed by atoms with Gasteiger partial charge in [0.1, 0.15) is 11.6 Å². The van der Waals surface area contributed by atoms with Crippen LogP contribution < -0.4 is 4.90 Å². The number of hydrogen-bond acceptors (Lipinski definition) is 6. The lowest BCUT2D eigenvalue weighted by Crippen LogP contribution is -2.57. The number of halogens is 2. The molecule has 10 heteroatoms. The number of alkyl halides is 1. The third-order valence-electron chi connectivity index (χ3n) is 7.93. The third-order valence-corrected chi connectivity index (χ3v) is 9.03. The molecule has 39 heavy (non-hydrogen) atoms. The predicted molar refractivity (Wildman–Crippen MR) is 149 cm³/mol. The second-order valence-corrected chi connectivity index (χ2v) is 11.6. The van der Waals surface area contributed by atoms with Crippen molar-refractivity contribution in [2.45, 2.75) is 42.0 Å². The molecule has 0 aromatic heterocycles. The van der Waals surface area contributed by atoms with Crippen LogP contribution in [0.3, 0.4) is 0 Å². The smallest absolute Gasteiger partial charge is 0.312 e. The summed E-state index contributed by atoms with van der Waals surface area (Å²) < 4.78 is 11.9. The molecule has 2 amide bonds. The molecule has 3 fully saturated rings. The largest absolute Gasteiger partial charge is 0.466 e. The number of amides is 2. The number of aliphatic hydroxyl groups excluding tert-OH is 1. The van der Waals surface area contributed by atoms with Crippen molar-refractivity contribution in [3.8, 4) is 0 Å². The Morgan fingerprint density at radius 2 is 1.97 bits per heavy atom. The molecule has 0 aliphatic carbocycles. The summed E-state index contributed by atoms with van der Waals surface area (Å²) in [6.07, 6.45) is 1.32. The maximum Gasteiger partial charge on any atom is 0.312 e. The van der Waals surface area contributed by atoms with Gasteiger partial charge in [-0.15, -0.1) is 6.58 Å². The summed E-state index contributed by atoms with van der Waals surface area (Å²) >= 11 is 9.76. The minimum Gasteiger partial charge on any atom is -0.466 e. The number of fused-ring (bicyclic) bond motifs is 1. The Morgan fingerprint density at radius 3 is 2.59 bits per heavy atom. The highest BCUT2D eigenvalue weighted by Gasteiger charge is 2.77. The number of nitrogens with zero attached hydrogens (tertiary/aromatic N) is 2. The molecule has 3 aliphatic rings. The van der Waals surface area contributed by atoms with Crippen LogP contribution in [0, 0.1) is 11.8 Å². The van der Waals surface area contributed by atoms with Crippen LogP contribution in [0.1, 0.15) is 24.9 Å². The van der Waals surface area contributed by atoms with Gasteiger partial charge >= 0.3 is 5.97 Å². The van der Waals surface area contributed by atoms with Crippen LogP contribution in [-0.4, -0.2) is 70.1 Å². The van der Waals surface area contributed by atoms with E-state index in [1.807, 2.05) is 18.2 Å². The minimum absolute atomic E-state index is 0.155. The first-order valence-electron chi connectivity index (χ1n) is 12.9. The Morgan fingerprint density at radius 1 is 1.28 bits per heavy atom. The van der Waals surface area contributed by atoms with Crippen LogP contribution in [0.15, 0.2) is 67.3 Å². The molecule has 3 unspecified atom stereocenters. The van der Waals surface area contributed by atoms with Gasteiger partial charge in [0.2, 0.25) is 5.91 Å². The monoisotopic (exact) mass is 616 g/mol. The van der Waals surface area contributed by atoms with Crippen molar-refractivity contribution in [2.24, 2.45) is 11.8 Å². The van der Waals surface area contributed by atoms with Crippen LogP contribution in [0.4, 0.5) is 5.69 Å². The fourth-order valence-corrected chi connectivity index (χ4v) is 7.51. The highest BCUT2D eigenvalue weighted by Crippen LogP contribution is 2.61. The van der Waals surface area contributed by atoms with E-state index in [0.29, 0.717) is 22.7 Å². The van der Waals surface area contributed by atoms with Gasteiger partial charge in [-0.05, 0) is 43.2 Å². The molecule has 1 N–H and O–H groups in total. The molecule has 3 saturated heterocycles. The fraction of sp³-hybridized carbons (Fsp3) is 0.414. The van der Waals surface area contributed by atoms with Gasteiger partial charge in [-0.25, -0.2) is 0 Å². The summed E-state index contributed by atoms with van der Waals surface area (Å²) in [6, 6.07) is 13.9. The van der Waals surface area contributed by atoms with Gasteiger partial charge in [0.25, 0.3) is 5.91 Å². The van der Waals surface area contributed by atoms with E-state index in [2.05, 4.69) is 22.5 Å². The lowest BCUT2D eigenvalue weighted by atomic mass is 9.70. The van der Waals surface area contributed by atoms with Crippen molar-refractivity contribution < 1.29 is 29.0 Å². The van der Waals surface area contributed by atoms with Gasteiger partial charge in [0, 0.05) is 22.1 Å². The Kier molecular flexibility index (Phi) is 7.88. The Hall–Kier alpha value is -2.72. The zero-order valence-electron chi connectivity index (χ0n) is 21.4. The highest BCUT2D eigenvalue weighted by molar-refractivity contribution is 9.09. The Labute approximate surface area is 240 Å². The van der Waals surface area contributed by atoms with Crippen molar-refractivity contribution in [1.29, 1.82) is 0 Å². The molecule has 0 radical (unpaired) electrons. The number of rotatable bonds is 9. The topological polar surface area (TPSA) is 96.4 Å². The van der Waals surface area contributed by atoms with Gasteiger partial charge in [-0.3, -0.25) is 14.4 Å². The second-order valence-electron chi connectivity index (χ2n) is 9.98.